The van der Waals surface area contributed by atoms with Gasteiger partial charge in [0.1, 0.15) is 10.6 Å². The van der Waals surface area contributed by atoms with Gasteiger partial charge in [0.05, 0.1) is 11.4 Å². The maximum atomic E-state index is 4.80. The molecule has 2 aromatic carbocycles. The minimum atomic E-state index is 0.655. The molecular formula is C19H14N4OS. The van der Waals surface area contributed by atoms with Crippen molar-refractivity contribution < 1.29 is 4.63 Å². The van der Waals surface area contributed by atoms with E-state index < -0.39 is 0 Å². The predicted octanol–water partition coefficient (Wildman–Crippen LogP) is 4.73. The largest absolute Gasteiger partial charge is 0.256 e. The first-order valence-corrected chi connectivity index (χ1v) is 8.93. The van der Waals surface area contributed by atoms with Crippen LogP contribution in [0.3, 0.4) is 0 Å². The van der Waals surface area contributed by atoms with Gasteiger partial charge in [-0.3, -0.25) is 4.98 Å². The van der Waals surface area contributed by atoms with Crippen molar-refractivity contribution in [1.29, 1.82) is 0 Å². The molecule has 0 saturated heterocycles. The summed E-state index contributed by atoms with van der Waals surface area (Å²) < 4.78 is 4.80. The van der Waals surface area contributed by atoms with E-state index in [0.29, 0.717) is 11.0 Å². The van der Waals surface area contributed by atoms with Crippen LogP contribution >= 0.6 is 11.8 Å². The van der Waals surface area contributed by atoms with Gasteiger partial charge in [0, 0.05) is 17.3 Å². The number of fused-ring (bicyclic) bond motifs is 1. The van der Waals surface area contributed by atoms with Gasteiger partial charge in [-0.05, 0) is 40.8 Å². The third kappa shape index (κ3) is 3.16. The summed E-state index contributed by atoms with van der Waals surface area (Å²) in [6.07, 6.45) is 3.84. The van der Waals surface area contributed by atoms with Crippen molar-refractivity contribution in [3.05, 3.63) is 72.4 Å². The Labute approximate surface area is 148 Å². The quantitative estimate of drug-likeness (QED) is 0.396. The number of benzene rings is 2. The second-order valence-electron chi connectivity index (χ2n) is 5.33. The van der Waals surface area contributed by atoms with E-state index in [1.54, 1.807) is 11.8 Å². The zero-order valence-corrected chi connectivity index (χ0v) is 14.3. The summed E-state index contributed by atoms with van der Waals surface area (Å²) in [5, 5.41) is 8.65. The van der Waals surface area contributed by atoms with Crippen LogP contribution < -0.4 is 0 Å². The van der Waals surface area contributed by atoms with Gasteiger partial charge in [-0.15, -0.1) is 11.8 Å². The molecule has 122 valence electrons. The average molecular weight is 346 g/mol. The Morgan fingerprint density at radius 1 is 0.960 bits per heavy atom. The molecule has 0 aliphatic heterocycles. The van der Waals surface area contributed by atoms with Gasteiger partial charge in [0.25, 0.3) is 0 Å². The minimum absolute atomic E-state index is 0.655. The summed E-state index contributed by atoms with van der Waals surface area (Å²) in [6, 6.07) is 19.8. The minimum Gasteiger partial charge on any atom is -0.256 e. The van der Waals surface area contributed by atoms with Crippen LogP contribution in [0.2, 0.25) is 0 Å². The van der Waals surface area contributed by atoms with Gasteiger partial charge in [0.15, 0.2) is 5.52 Å². The maximum Gasteiger partial charge on any atom is 0.160 e. The average Bonchev–Trinajstić information content (AvgIpc) is 3.17. The van der Waals surface area contributed by atoms with Gasteiger partial charge in [-0.2, -0.15) is 0 Å². The summed E-state index contributed by atoms with van der Waals surface area (Å²) in [7, 11) is 0. The number of thioether (sulfide) groups is 1. The number of rotatable bonds is 3. The van der Waals surface area contributed by atoms with Crippen molar-refractivity contribution in [2.75, 3.05) is 6.26 Å². The van der Waals surface area contributed by atoms with Crippen molar-refractivity contribution in [2.24, 2.45) is 4.99 Å². The first-order chi connectivity index (χ1) is 12.3. The molecule has 0 spiro atoms. The molecule has 0 radical (unpaired) electrons. The van der Waals surface area contributed by atoms with E-state index in [4.69, 9.17) is 9.62 Å². The second kappa shape index (κ2) is 6.86. The van der Waals surface area contributed by atoms with E-state index >= 15 is 0 Å². The fourth-order valence-electron chi connectivity index (χ4n) is 2.52. The molecule has 4 aromatic rings. The smallest absolute Gasteiger partial charge is 0.160 e. The lowest BCUT2D eigenvalue weighted by atomic mass is 10.1. The van der Waals surface area contributed by atoms with Crippen LogP contribution in [0.15, 0.2) is 76.5 Å². The SMILES string of the molecule is CSC(=Nc1cccc2nonc12)c1ccc(-c2ccccc2)nc1. The molecule has 6 heteroatoms. The Bertz CT molecular complexity index is 1030. The Morgan fingerprint density at radius 2 is 1.84 bits per heavy atom. The fourth-order valence-corrected chi connectivity index (χ4v) is 3.07. The van der Waals surface area contributed by atoms with E-state index in [-0.39, 0.29) is 0 Å². The lowest BCUT2D eigenvalue weighted by Crippen LogP contribution is -1.96. The molecule has 0 saturated carbocycles. The van der Waals surface area contributed by atoms with E-state index in [1.165, 1.54) is 0 Å². The van der Waals surface area contributed by atoms with E-state index in [1.807, 2.05) is 73.1 Å². The van der Waals surface area contributed by atoms with Crippen molar-refractivity contribution in [3.8, 4) is 11.3 Å². The molecular weight excluding hydrogens is 332 g/mol. The summed E-state index contributed by atoms with van der Waals surface area (Å²) in [5.41, 5.74) is 5.07. The number of pyridine rings is 1. The summed E-state index contributed by atoms with van der Waals surface area (Å²) >= 11 is 1.56. The summed E-state index contributed by atoms with van der Waals surface area (Å²) in [4.78, 5) is 9.30. The van der Waals surface area contributed by atoms with Crippen molar-refractivity contribution in [3.63, 3.8) is 0 Å². The molecule has 0 N–H and O–H groups in total. The lowest BCUT2D eigenvalue weighted by Gasteiger charge is -2.05. The van der Waals surface area contributed by atoms with Gasteiger partial charge < -0.3 is 0 Å². The Morgan fingerprint density at radius 3 is 2.60 bits per heavy atom. The molecule has 4 rings (SSSR count). The van der Waals surface area contributed by atoms with Crippen LogP contribution in [0.25, 0.3) is 22.3 Å². The standard InChI is InChI=1S/C19H14N4OS/c1-25-19(21-16-8-5-9-17-18(16)23-24-22-17)14-10-11-15(20-12-14)13-6-3-2-4-7-13/h2-12H,1H3. The normalized spacial score (nSPS) is 11.8. The first kappa shape index (κ1) is 15.5. The number of aliphatic imine (C=N–C) groups is 1. The summed E-state index contributed by atoms with van der Waals surface area (Å²) in [5.74, 6) is 0. The van der Waals surface area contributed by atoms with Crippen LogP contribution in [-0.4, -0.2) is 26.6 Å². The molecule has 0 atom stereocenters. The molecule has 0 unspecified atom stereocenters. The molecule has 0 aliphatic rings. The third-order valence-electron chi connectivity index (χ3n) is 3.76. The van der Waals surface area contributed by atoms with E-state index in [0.717, 1.165) is 27.6 Å². The number of nitrogens with zero attached hydrogens (tertiary/aromatic N) is 4. The highest BCUT2D eigenvalue weighted by Gasteiger charge is 2.09. The topological polar surface area (TPSA) is 64.2 Å². The third-order valence-corrected chi connectivity index (χ3v) is 4.47. The number of hydrogen-bond acceptors (Lipinski definition) is 6. The van der Waals surface area contributed by atoms with E-state index in [9.17, 15) is 0 Å². The number of hydrogen-bond donors (Lipinski definition) is 0. The molecule has 2 aromatic heterocycles. The highest BCUT2D eigenvalue weighted by atomic mass is 32.2. The van der Waals surface area contributed by atoms with Gasteiger partial charge in [-0.1, -0.05) is 36.4 Å². The second-order valence-corrected chi connectivity index (χ2v) is 6.12. The Kier molecular flexibility index (Phi) is 4.26. The van der Waals surface area contributed by atoms with Crippen LogP contribution in [0.4, 0.5) is 5.69 Å². The first-order valence-electron chi connectivity index (χ1n) is 7.71. The lowest BCUT2D eigenvalue weighted by molar-refractivity contribution is 0.315. The van der Waals surface area contributed by atoms with Gasteiger partial charge >= 0.3 is 0 Å². The maximum absolute atomic E-state index is 4.80. The van der Waals surface area contributed by atoms with Crippen molar-refractivity contribution >= 4 is 33.5 Å². The number of aromatic nitrogens is 3. The van der Waals surface area contributed by atoms with Gasteiger partial charge in [-0.25, -0.2) is 9.62 Å². The fraction of sp³-hybridized carbons (Fsp3) is 0.0526. The zero-order chi connectivity index (χ0) is 17.1. The molecule has 5 nitrogen and oxygen atoms in total. The molecule has 25 heavy (non-hydrogen) atoms. The molecule has 0 amide bonds. The van der Waals surface area contributed by atoms with Crippen LogP contribution in [0.1, 0.15) is 5.56 Å². The highest BCUT2D eigenvalue weighted by molar-refractivity contribution is 8.13. The highest BCUT2D eigenvalue weighted by Crippen LogP contribution is 2.26. The molecule has 0 bridgehead atoms. The molecule has 0 fully saturated rings. The summed E-state index contributed by atoms with van der Waals surface area (Å²) in [6.45, 7) is 0. The zero-order valence-electron chi connectivity index (χ0n) is 13.5. The predicted molar refractivity (Wildman–Crippen MR) is 101 cm³/mol. The Hall–Kier alpha value is -2.99. The van der Waals surface area contributed by atoms with Gasteiger partial charge in [0.2, 0.25) is 0 Å². The van der Waals surface area contributed by atoms with Crippen molar-refractivity contribution in [2.45, 2.75) is 0 Å². The van der Waals surface area contributed by atoms with E-state index in [2.05, 4.69) is 15.3 Å². The Balaban J connectivity index is 1.70. The van der Waals surface area contributed by atoms with Crippen LogP contribution in [0, 0.1) is 0 Å². The van der Waals surface area contributed by atoms with Crippen molar-refractivity contribution in [1.82, 2.24) is 15.3 Å². The van der Waals surface area contributed by atoms with Crippen LogP contribution in [0.5, 0.6) is 0 Å². The van der Waals surface area contributed by atoms with Crippen LogP contribution in [-0.2, 0) is 0 Å². The molecule has 0 aliphatic carbocycles. The molecule has 2 heterocycles. The monoisotopic (exact) mass is 346 g/mol.